The Balaban J connectivity index is 1.02. The van der Waals surface area contributed by atoms with Gasteiger partial charge in [-0.3, -0.25) is 0 Å². The van der Waals surface area contributed by atoms with E-state index in [1.54, 1.807) is 0 Å². The summed E-state index contributed by atoms with van der Waals surface area (Å²) in [7, 11) is 0. The molecule has 0 atom stereocenters. The van der Waals surface area contributed by atoms with Crippen molar-refractivity contribution in [2.45, 2.75) is 0 Å². The normalized spacial score (nSPS) is 11.7. The molecule has 274 valence electrons. The van der Waals surface area contributed by atoms with Crippen LogP contribution in [0.2, 0.25) is 0 Å². The fraction of sp³-hybridized carbons (Fsp3) is 0. The Hall–Kier alpha value is -8.02. The minimum Gasteiger partial charge on any atom is -0.308 e. The second-order valence-corrected chi connectivity index (χ2v) is 15.1. The monoisotopic (exact) mass is 751 g/mol. The summed E-state index contributed by atoms with van der Waals surface area (Å²) in [5, 5.41) is 5.34. The largest absolute Gasteiger partial charge is 0.308 e. The Bertz CT molecular complexity index is 3600. The minimum atomic E-state index is 0.896. The maximum atomic E-state index is 5.49. The van der Waals surface area contributed by atoms with Crippen molar-refractivity contribution in [1.82, 2.24) is 24.5 Å². The first-order chi connectivity index (χ1) is 29.2. The van der Waals surface area contributed by atoms with Crippen molar-refractivity contribution in [3.05, 3.63) is 200 Å². The minimum absolute atomic E-state index is 0.896. The number of hydrogen-bond acceptors (Lipinski definition) is 4. The van der Waals surface area contributed by atoms with Gasteiger partial charge in [0, 0.05) is 49.3 Å². The summed E-state index contributed by atoms with van der Waals surface area (Å²) in [5.74, 6) is 0. The van der Waals surface area contributed by atoms with Gasteiger partial charge in [0.15, 0.2) is 0 Å². The van der Waals surface area contributed by atoms with Crippen molar-refractivity contribution < 1.29 is 0 Å². The summed E-state index contributed by atoms with van der Waals surface area (Å²) in [6.07, 6.45) is 0. The van der Waals surface area contributed by atoms with Gasteiger partial charge < -0.3 is 4.57 Å². The molecule has 59 heavy (non-hydrogen) atoms. The Kier molecular flexibility index (Phi) is 7.47. The number of pyridine rings is 4. The molecule has 0 aliphatic rings. The van der Waals surface area contributed by atoms with Gasteiger partial charge in [-0.15, -0.1) is 0 Å². The van der Waals surface area contributed by atoms with E-state index < -0.39 is 0 Å². The quantitative estimate of drug-likeness (QED) is 0.164. The molecule has 0 unspecified atom stereocenters. The lowest BCUT2D eigenvalue weighted by atomic mass is 9.99. The third kappa shape index (κ3) is 5.55. The second-order valence-electron chi connectivity index (χ2n) is 15.1. The molecular weight excluding hydrogens is 719 g/mol. The highest BCUT2D eigenvalue weighted by Gasteiger charge is 2.18. The molecule has 0 spiro atoms. The zero-order chi connectivity index (χ0) is 38.9. The van der Waals surface area contributed by atoms with Gasteiger partial charge >= 0.3 is 0 Å². The molecule has 5 aromatic heterocycles. The fourth-order valence-electron chi connectivity index (χ4n) is 8.59. The second kappa shape index (κ2) is 13.3. The van der Waals surface area contributed by atoms with Crippen molar-refractivity contribution in [3.8, 4) is 50.6 Å². The van der Waals surface area contributed by atoms with E-state index in [2.05, 4.69) is 180 Å². The number of fused-ring (bicyclic) bond motifs is 9. The summed E-state index contributed by atoms with van der Waals surface area (Å²) < 4.78 is 2.33. The van der Waals surface area contributed by atoms with Gasteiger partial charge in [-0.25, -0.2) is 19.9 Å². The first-order valence-corrected chi connectivity index (χ1v) is 19.9. The third-order valence-corrected chi connectivity index (χ3v) is 11.5. The van der Waals surface area contributed by atoms with Crippen LogP contribution in [0.15, 0.2) is 200 Å². The molecule has 0 radical (unpaired) electrons. The molecule has 0 aliphatic heterocycles. The van der Waals surface area contributed by atoms with Crippen molar-refractivity contribution >= 4 is 65.5 Å². The van der Waals surface area contributed by atoms with E-state index in [9.17, 15) is 0 Å². The van der Waals surface area contributed by atoms with Crippen LogP contribution in [0.1, 0.15) is 0 Å². The maximum Gasteiger partial charge on any atom is 0.0974 e. The van der Waals surface area contributed by atoms with Crippen LogP contribution in [0.5, 0.6) is 0 Å². The lowest BCUT2D eigenvalue weighted by Crippen LogP contribution is -1.94. The van der Waals surface area contributed by atoms with E-state index in [1.807, 2.05) is 24.3 Å². The standard InChI is InChI=1S/C54H33N5/c1-4-11-34(12-5-1)45-27-23-36-19-20-37-25-29-47(57-51(37)50(36)55-45)41-16-10-15-39(31-41)40-26-30-48-44(32-40)54-49(59(48)43-17-8-3-9-18-43)33-42-22-21-38-24-28-46(35-13-6-2-7-14-35)56-52(38)53(42)58-54/h1-33H. The number of hydrogen-bond donors (Lipinski definition) is 0. The topological polar surface area (TPSA) is 56.5 Å². The van der Waals surface area contributed by atoms with Crippen molar-refractivity contribution in [3.63, 3.8) is 0 Å². The van der Waals surface area contributed by atoms with E-state index >= 15 is 0 Å². The highest BCUT2D eigenvalue weighted by Crippen LogP contribution is 2.38. The smallest absolute Gasteiger partial charge is 0.0974 e. The number of aromatic nitrogens is 5. The lowest BCUT2D eigenvalue weighted by Gasteiger charge is -2.10. The summed E-state index contributed by atoms with van der Waals surface area (Å²) in [6, 6.07) is 70.2. The predicted molar refractivity (Wildman–Crippen MR) is 244 cm³/mol. The summed E-state index contributed by atoms with van der Waals surface area (Å²) >= 11 is 0. The first kappa shape index (κ1) is 33.2. The molecule has 0 saturated heterocycles. The van der Waals surface area contributed by atoms with Crippen molar-refractivity contribution in [2.24, 2.45) is 0 Å². The summed E-state index contributed by atoms with van der Waals surface area (Å²) in [4.78, 5) is 21.1. The van der Waals surface area contributed by atoms with Gasteiger partial charge in [0.25, 0.3) is 0 Å². The molecule has 5 nitrogen and oxygen atoms in total. The molecule has 12 aromatic rings. The lowest BCUT2D eigenvalue weighted by molar-refractivity contribution is 1.18. The zero-order valence-electron chi connectivity index (χ0n) is 31.8. The van der Waals surface area contributed by atoms with Gasteiger partial charge in [0.2, 0.25) is 0 Å². The number of para-hydroxylation sites is 1. The number of rotatable bonds is 5. The van der Waals surface area contributed by atoms with E-state index in [1.165, 1.54) is 0 Å². The Morgan fingerprint density at radius 2 is 0.729 bits per heavy atom. The van der Waals surface area contributed by atoms with E-state index in [-0.39, 0.29) is 0 Å². The van der Waals surface area contributed by atoms with Crippen LogP contribution in [0, 0.1) is 0 Å². The third-order valence-electron chi connectivity index (χ3n) is 11.5. The summed E-state index contributed by atoms with van der Waals surface area (Å²) in [6.45, 7) is 0. The molecule has 0 fully saturated rings. The zero-order valence-corrected chi connectivity index (χ0v) is 31.8. The van der Waals surface area contributed by atoms with E-state index in [0.717, 1.165) is 116 Å². The Labute approximate surface area is 339 Å². The number of benzene rings is 7. The van der Waals surface area contributed by atoms with Crippen LogP contribution < -0.4 is 0 Å². The van der Waals surface area contributed by atoms with Gasteiger partial charge in [0.1, 0.15) is 0 Å². The van der Waals surface area contributed by atoms with E-state index in [4.69, 9.17) is 19.9 Å². The molecule has 0 N–H and O–H groups in total. The predicted octanol–water partition coefficient (Wildman–Crippen LogP) is 13.6. The molecule has 0 aliphatic carbocycles. The van der Waals surface area contributed by atoms with Gasteiger partial charge in [0.05, 0.1) is 55.7 Å². The highest BCUT2D eigenvalue weighted by molar-refractivity contribution is 6.14. The first-order valence-electron chi connectivity index (χ1n) is 19.9. The molecule has 0 amide bonds. The molecule has 5 heteroatoms. The van der Waals surface area contributed by atoms with Crippen LogP contribution in [0.4, 0.5) is 0 Å². The van der Waals surface area contributed by atoms with E-state index in [0.29, 0.717) is 0 Å². The van der Waals surface area contributed by atoms with Gasteiger partial charge in [-0.2, -0.15) is 0 Å². The average molecular weight is 752 g/mol. The molecule has 12 rings (SSSR count). The molecule has 0 bridgehead atoms. The molecule has 5 heterocycles. The number of nitrogens with zero attached hydrogens (tertiary/aromatic N) is 5. The summed E-state index contributed by atoms with van der Waals surface area (Å²) in [5.41, 5.74) is 16.0. The fourth-order valence-corrected chi connectivity index (χ4v) is 8.59. The molecule has 7 aromatic carbocycles. The molecule has 0 saturated carbocycles. The average Bonchev–Trinajstić information content (AvgIpc) is 3.63. The van der Waals surface area contributed by atoms with Crippen LogP contribution in [0.3, 0.4) is 0 Å². The SMILES string of the molecule is c1ccc(-c2ccc3ccc4ccc(-c5cccc(-c6ccc7c(c6)c6nc8c(ccc9ccc(-c%10ccccc%10)nc98)cc6n7-c6ccccc6)c5)nc4c3n2)cc1. The van der Waals surface area contributed by atoms with Crippen molar-refractivity contribution in [2.75, 3.05) is 0 Å². The van der Waals surface area contributed by atoms with Crippen LogP contribution in [-0.4, -0.2) is 24.5 Å². The van der Waals surface area contributed by atoms with Gasteiger partial charge in [-0.05, 0) is 65.7 Å². The maximum absolute atomic E-state index is 5.49. The van der Waals surface area contributed by atoms with Crippen LogP contribution in [0.25, 0.3) is 116 Å². The Morgan fingerprint density at radius 1 is 0.271 bits per heavy atom. The Morgan fingerprint density at radius 3 is 1.32 bits per heavy atom. The van der Waals surface area contributed by atoms with Crippen LogP contribution >= 0.6 is 0 Å². The van der Waals surface area contributed by atoms with Gasteiger partial charge in [-0.1, -0.05) is 146 Å². The van der Waals surface area contributed by atoms with Crippen LogP contribution in [-0.2, 0) is 0 Å². The molecular formula is C54H33N5. The van der Waals surface area contributed by atoms with Crippen molar-refractivity contribution in [1.29, 1.82) is 0 Å². The highest BCUT2D eigenvalue weighted by atomic mass is 15.0.